The molecule has 18 heavy (non-hydrogen) atoms. The first-order chi connectivity index (χ1) is 8.65. The zero-order valence-corrected chi connectivity index (χ0v) is 12.1. The number of benzene rings is 1. The summed E-state index contributed by atoms with van der Waals surface area (Å²) in [6.07, 6.45) is 5.97. The van der Waals surface area contributed by atoms with Gasteiger partial charge in [-0.2, -0.15) is 0 Å². The van der Waals surface area contributed by atoms with Crippen LogP contribution >= 0.6 is 0 Å². The Morgan fingerprint density at radius 3 is 2.78 bits per heavy atom. The lowest BCUT2D eigenvalue weighted by molar-refractivity contribution is 0.355. The molecule has 100 valence electrons. The van der Waals surface area contributed by atoms with Gasteiger partial charge in [0, 0.05) is 15.8 Å². The molecule has 0 heterocycles. The monoisotopic (exact) mass is 265 g/mol. The van der Waals surface area contributed by atoms with Crippen LogP contribution < -0.4 is 5.73 Å². The molecular formula is C15H23NOS. The van der Waals surface area contributed by atoms with E-state index in [-0.39, 0.29) is 0 Å². The van der Waals surface area contributed by atoms with Crippen molar-refractivity contribution in [2.75, 3.05) is 5.73 Å². The molecule has 0 aliphatic heterocycles. The maximum absolute atomic E-state index is 12.8. The molecule has 3 atom stereocenters. The van der Waals surface area contributed by atoms with Crippen molar-refractivity contribution in [3.05, 3.63) is 23.8 Å². The summed E-state index contributed by atoms with van der Waals surface area (Å²) in [6, 6.07) is 5.77. The fourth-order valence-corrected chi connectivity index (χ4v) is 4.95. The van der Waals surface area contributed by atoms with Gasteiger partial charge < -0.3 is 5.73 Å². The van der Waals surface area contributed by atoms with Crippen molar-refractivity contribution in [1.29, 1.82) is 0 Å². The van der Waals surface area contributed by atoms with E-state index in [4.69, 9.17) is 5.73 Å². The molecule has 2 nitrogen and oxygen atoms in total. The Labute approximate surface area is 112 Å². The largest absolute Gasteiger partial charge is 0.398 e. The molecule has 0 aromatic heterocycles. The third-order valence-corrected chi connectivity index (χ3v) is 6.23. The van der Waals surface area contributed by atoms with Crippen LogP contribution in [0, 0.1) is 12.8 Å². The van der Waals surface area contributed by atoms with Gasteiger partial charge in [-0.05, 0) is 43.4 Å². The van der Waals surface area contributed by atoms with Crippen LogP contribution in [-0.4, -0.2) is 9.46 Å². The van der Waals surface area contributed by atoms with Gasteiger partial charge in [0.15, 0.2) is 0 Å². The molecule has 0 spiro atoms. The van der Waals surface area contributed by atoms with Crippen molar-refractivity contribution in [2.24, 2.45) is 5.92 Å². The van der Waals surface area contributed by atoms with Gasteiger partial charge in [-0.1, -0.05) is 32.3 Å². The number of rotatable bonds is 3. The summed E-state index contributed by atoms with van der Waals surface area (Å²) in [4.78, 5) is 0.945. The van der Waals surface area contributed by atoms with E-state index < -0.39 is 10.8 Å². The van der Waals surface area contributed by atoms with Crippen LogP contribution in [0.5, 0.6) is 0 Å². The van der Waals surface area contributed by atoms with Gasteiger partial charge in [0.1, 0.15) is 0 Å². The fraction of sp³-hybridized carbons (Fsp3) is 0.600. The van der Waals surface area contributed by atoms with Crippen molar-refractivity contribution in [2.45, 2.75) is 56.1 Å². The van der Waals surface area contributed by atoms with Crippen LogP contribution in [0.1, 0.15) is 44.6 Å². The van der Waals surface area contributed by atoms with E-state index in [0.717, 1.165) is 29.0 Å². The zero-order valence-electron chi connectivity index (χ0n) is 11.3. The summed E-state index contributed by atoms with van der Waals surface area (Å²) < 4.78 is 12.8. The van der Waals surface area contributed by atoms with Crippen LogP contribution in [0.2, 0.25) is 0 Å². The lowest BCUT2D eigenvalue weighted by atomic mass is 9.87. The second-order valence-corrected chi connectivity index (χ2v) is 6.90. The number of nitrogens with two attached hydrogens (primary N) is 1. The quantitative estimate of drug-likeness (QED) is 0.848. The molecule has 1 aromatic carbocycles. The predicted molar refractivity (Wildman–Crippen MR) is 78.0 cm³/mol. The average molecular weight is 265 g/mol. The first kappa shape index (κ1) is 13.6. The summed E-state index contributed by atoms with van der Waals surface area (Å²) in [6.45, 7) is 4.19. The highest BCUT2D eigenvalue weighted by molar-refractivity contribution is 7.85. The van der Waals surface area contributed by atoms with E-state index in [1.165, 1.54) is 19.3 Å². The molecule has 3 heteroatoms. The Hall–Kier alpha value is -0.830. The van der Waals surface area contributed by atoms with E-state index in [9.17, 15) is 4.21 Å². The minimum Gasteiger partial charge on any atom is -0.398 e. The van der Waals surface area contributed by atoms with Gasteiger partial charge in [0.25, 0.3) is 0 Å². The molecule has 0 saturated heterocycles. The molecule has 1 fully saturated rings. The van der Waals surface area contributed by atoms with Crippen LogP contribution in [0.3, 0.4) is 0 Å². The highest BCUT2D eigenvalue weighted by Crippen LogP contribution is 2.34. The Bertz CT molecular complexity index is 444. The molecule has 3 unspecified atom stereocenters. The summed E-state index contributed by atoms with van der Waals surface area (Å²) in [5.41, 5.74) is 7.67. The van der Waals surface area contributed by atoms with E-state index in [0.29, 0.717) is 11.2 Å². The average Bonchev–Trinajstić information content (AvgIpc) is 2.41. The molecule has 1 aliphatic rings. The summed E-state index contributed by atoms with van der Waals surface area (Å²) >= 11 is 0. The highest BCUT2D eigenvalue weighted by atomic mass is 32.2. The molecule has 2 rings (SSSR count). The van der Waals surface area contributed by atoms with Crippen LogP contribution in [-0.2, 0) is 10.8 Å². The smallest absolute Gasteiger partial charge is 0.0567 e. The second-order valence-electron chi connectivity index (χ2n) is 5.26. The lowest BCUT2D eigenvalue weighted by Crippen LogP contribution is -2.29. The standard InChI is InChI=1S/C15H23NOS/c1-3-12-7-4-5-9-15(12)18(17)14-10-6-8-13(16)11(14)2/h6,8,10,12,15H,3-5,7,9,16H2,1-2H3. The number of hydrogen-bond donors (Lipinski definition) is 1. The van der Waals surface area contributed by atoms with Gasteiger partial charge in [-0.3, -0.25) is 4.21 Å². The zero-order chi connectivity index (χ0) is 13.1. The first-order valence-corrected chi connectivity index (χ1v) is 8.12. The topological polar surface area (TPSA) is 43.1 Å². The van der Waals surface area contributed by atoms with E-state index >= 15 is 0 Å². The molecule has 0 amide bonds. The Kier molecular flexibility index (Phi) is 4.44. The van der Waals surface area contributed by atoms with Gasteiger partial charge in [-0.15, -0.1) is 0 Å². The maximum atomic E-state index is 12.8. The number of hydrogen-bond acceptors (Lipinski definition) is 2. The van der Waals surface area contributed by atoms with E-state index in [2.05, 4.69) is 6.92 Å². The summed E-state index contributed by atoms with van der Waals surface area (Å²) in [7, 11) is -0.902. The minimum atomic E-state index is -0.902. The molecule has 0 bridgehead atoms. The Morgan fingerprint density at radius 2 is 2.06 bits per heavy atom. The Morgan fingerprint density at radius 1 is 1.33 bits per heavy atom. The lowest BCUT2D eigenvalue weighted by Gasteiger charge is -2.30. The predicted octanol–water partition coefficient (Wildman–Crippen LogP) is 3.65. The van der Waals surface area contributed by atoms with Gasteiger partial charge in [0.2, 0.25) is 0 Å². The molecule has 1 aliphatic carbocycles. The normalized spacial score (nSPS) is 25.9. The SMILES string of the molecule is CCC1CCCCC1S(=O)c1cccc(N)c1C. The highest BCUT2D eigenvalue weighted by Gasteiger charge is 2.30. The van der Waals surface area contributed by atoms with Crippen LogP contribution in [0.25, 0.3) is 0 Å². The van der Waals surface area contributed by atoms with E-state index in [1.807, 2.05) is 25.1 Å². The molecule has 1 saturated carbocycles. The van der Waals surface area contributed by atoms with Crippen molar-refractivity contribution >= 4 is 16.5 Å². The van der Waals surface area contributed by atoms with Gasteiger partial charge in [0.05, 0.1) is 10.8 Å². The fourth-order valence-electron chi connectivity index (χ4n) is 2.93. The molecular weight excluding hydrogens is 242 g/mol. The van der Waals surface area contributed by atoms with Crippen molar-refractivity contribution in [3.63, 3.8) is 0 Å². The van der Waals surface area contributed by atoms with Crippen LogP contribution in [0.4, 0.5) is 5.69 Å². The molecule has 1 aromatic rings. The Balaban J connectivity index is 2.27. The van der Waals surface area contributed by atoms with E-state index in [1.54, 1.807) is 0 Å². The molecule has 0 radical (unpaired) electrons. The summed E-state index contributed by atoms with van der Waals surface area (Å²) in [5, 5.41) is 0.323. The third-order valence-electron chi connectivity index (χ3n) is 4.18. The molecule has 2 N–H and O–H groups in total. The summed E-state index contributed by atoms with van der Waals surface area (Å²) in [5.74, 6) is 0.611. The minimum absolute atomic E-state index is 0.323. The van der Waals surface area contributed by atoms with Crippen LogP contribution in [0.15, 0.2) is 23.1 Å². The van der Waals surface area contributed by atoms with Gasteiger partial charge >= 0.3 is 0 Å². The van der Waals surface area contributed by atoms with Crippen molar-refractivity contribution in [3.8, 4) is 0 Å². The number of anilines is 1. The second kappa shape index (κ2) is 5.87. The number of nitrogen functional groups attached to an aromatic ring is 1. The van der Waals surface area contributed by atoms with Crippen molar-refractivity contribution < 1.29 is 4.21 Å². The first-order valence-electron chi connectivity index (χ1n) is 6.90. The van der Waals surface area contributed by atoms with Gasteiger partial charge in [-0.25, -0.2) is 0 Å². The maximum Gasteiger partial charge on any atom is 0.0567 e. The van der Waals surface area contributed by atoms with Crippen molar-refractivity contribution in [1.82, 2.24) is 0 Å². The third kappa shape index (κ3) is 2.61.